The van der Waals surface area contributed by atoms with Crippen LogP contribution >= 0.6 is 0 Å². The van der Waals surface area contributed by atoms with Crippen molar-refractivity contribution in [2.24, 2.45) is 0 Å². The van der Waals surface area contributed by atoms with Crippen molar-refractivity contribution in [3.63, 3.8) is 0 Å². The molecule has 2 rings (SSSR count). The summed E-state index contributed by atoms with van der Waals surface area (Å²) < 4.78 is 0. The van der Waals surface area contributed by atoms with Gasteiger partial charge in [0.05, 0.1) is 0 Å². The molecule has 2 aromatic carbocycles. The van der Waals surface area contributed by atoms with Crippen molar-refractivity contribution in [3.8, 4) is 12.3 Å². The molecule has 1 nitrogen and oxygen atoms in total. The van der Waals surface area contributed by atoms with Gasteiger partial charge in [-0.3, -0.25) is 0 Å². The summed E-state index contributed by atoms with van der Waals surface area (Å²) in [5.74, 6) is 2.43. The van der Waals surface area contributed by atoms with Crippen LogP contribution in [0.1, 0.15) is 18.9 Å². The van der Waals surface area contributed by atoms with E-state index in [0.717, 1.165) is 13.0 Å². The molecule has 0 bridgehead atoms. The molecule has 0 unspecified atom stereocenters. The van der Waals surface area contributed by atoms with E-state index in [0.29, 0.717) is 0 Å². The van der Waals surface area contributed by atoms with Crippen LogP contribution in [0.25, 0.3) is 10.8 Å². The number of nitrogens with one attached hydrogen (secondary N) is 1. The third kappa shape index (κ3) is 3.94. The zero-order valence-electron chi connectivity index (χ0n) is 10.5. The van der Waals surface area contributed by atoms with E-state index >= 15 is 0 Å². The first-order chi connectivity index (χ1) is 8.33. The largest absolute Gasteiger partial charge is 0.316 e. The van der Waals surface area contributed by atoms with Crippen molar-refractivity contribution >= 4 is 10.8 Å². The van der Waals surface area contributed by atoms with Gasteiger partial charge in [0.25, 0.3) is 0 Å². The molecule has 17 heavy (non-hydrogen) atoms. The van der Waals surface area contributed by atoms with Crippen molar-refractivity contribution in [1.29, 1.82) is 0 Å². The third-order valence-electron chi connectivity index (χ3n) is 2.45. The average Bonchev–Trinajstić information content (AvgIpc) is 2.40. The lowest BCUT2D eigenvalue weighted by atomic mass is 10.0. The lowest BCUT2D eigenvalue weighted by Gasteiger charge is -2.04. The van der Waals surface area contributed by atoms with Gasteiger partial charge in [-0.1, -0.05) is 49.4 Å². The van der Waals surface area contributed by atoms with Gasteiger partial charge in [-0.2, -0.15) is 0 Å². The smallest absolute Gasteiger partial charge is 0.0208 e. The molecule has 0 amide bonds. The fourth-order valence-corrected chi connectivity index (χ4v) is 1.64. The van der Waals surface area contributed by atoms with Gasteiger partial charge >= 0.3 is 0 Å². The summed E-state index contributed by atoms with van der Waals surface area (Å²) in [5.41, 5.74) is 1.36. The van der Waals surface area contributed by atoms with Gasteiger partial charge in [0.15, 0.2) is 0 Å². The zero-order chi connectivity index (χ0) is 12.5. The second kappa shape index (κ2) is 7.49. The van der Waals surface area contributed by atoms with Gasteiger partial charge in [0, 0.05) is 13.0 Å². The van der Waals surface area contributed by atoms with Gasteiger partial charge in [-0.15, -0.1) is 12.3 Å². The molecule has 88 valence electrons. The number of terminal acetylenes is 1. The average molecular weight is 225 g/mol. The predicted octanol–water partition coefficient (Wildman–Crippen LogP) is 3.59. The Balaban J connectivity index is 0.000000317. The molecule has 0 aliphatic heterocycles. The van der Waals surface area contributed by atoms with Crippen molar-refractivity contribution in [2.75, 3.05) is 7.05 Å². The zero-order valence-corrected chi connectivity index (χ0v) is 10.5. The van der Waals surface area contributed by atoms with Crippen LogP contribution in [0.3, 0.4) is 0 Å². The number of fused-ring (bicyclic) bond motifs is 1. The van der Waals surface area contributed by atoms with E-state index in [-0.39, 0.29) is 0 Å². The van der Waals surface area contributed by atoms with E-state index in [2.05, 4.69) is 53.7 Å². The molecule has 0 radical (unpaired) electrons. The van der Waals surface area contributed by atoms with Crippen molar-refractivity contribution in [2.45, 2.75) is 19.9 Å². The van der Waals surface area contributed by atoms with E-state index in [9.17, 15) is 0 Å². The van der Waals surface area contributed by atoms with Crippen LogP contribution in [0.2, 0.25) is 0 Å². The Hall–Kier alpha value is -1.78. The number of hydrogen-bond acceptors (Lipinski definition) is 1. The van der Waals surface area contributed by atoms with E-state index in [1.54, 1.807) is 0 Å². The van der Waals surface area contributed by atoms with E-state index in [1.165, 1.54) is 16.3 Å². The molecule has 0 saturated carbocycles. The van der Waals surface area contributed by atoms with Crippen LogP contribution in [0.5, 0.6) is 0 Å². The van der Waals surface area contributed by atoms with E-state index < -0.39 is 0 Å². The Kier molecular flexibility index (Phi) is 5.85. The first kappa shape index (κ1) is 13.3. The molecular weight excluding hydrogens is 206 g/mol. The minimum Gasteiger partial charge on any atom is -0.316 e. The highest BCUT2D eigenvalue weighted by Crippen LogP contribution is 2.17. The lowest BCUT2D eigenvalue weighted by Crippen LogP contribution is -2.05. The molecule has 0 aromatic heterocycles. The molecule has 1 heteroatoms. The number of benzene rings is 2. The second-order valence-corrected chi connectivity index (χ2v) is 3.73. The molecule has 0 heterocycles. The second-order valence-electron chi connectivity index (χ2n) is 3.73. The highest BCUT2D eigenvalue weighted by Gasteiger charge is 1.97. The summed E-state index contributed by atoms with van der Waals surface area (Å²) in [7, 11) is 1.97. The topological polar surface area (TPSA) is 12.0 Å². The van der Waals surface area contributed by atoms with Crippen molar-refractivity contribution < 1.29 is 0 Å². The molecule has 0 spiro atoms. The minimum atomic E-state index is 0.847. The highest BCUT2D eigenvalue weighted by atomic mass is 14.8. The summed E-state index contributed by atoms with van der Waals surface area (Å²) in [6, 6.07) is 14.9. The molecule has 0 aliphatic carbocycles. The molecule has 1 N–H and O–H groups in total. The third-order valence-corrected chi connectivity index (χ3v) is 2.45. The van der Waals surface area contributed by atoms with Crippen molar-refractivity contribution in [3.05, 3.63) is 48.0 Å². The van der Waals surface area contributed by atoms with Crippen LogP contribution in [0.4, 0.5) is 0 Å². The molecule has 0 fully saturated rings. The SMILES string of the molecule is C#CCC.CNCc1cccc2ccccc12. The normalized spacial score (nSPS) is 9.24. The summed E-state index contributed by atoms with van der Waals surface area (Å²) in [6.45, 7) is 2.88. The van der Waals surface area contributed by atoms with E-state index in [4.69, 9.17) is 6.42 Å². The Labute approximate surface area is 104 Å². The first-order valence-corrected chi connectivity index (χ1v) is 5.88. The maximum Gasteiger partial charge on any atom is 0.0208 e. The Bertz CT molecular complexity index is 489. The Morgan fingerprint density at radius 1 is 1.12 bits per heavy atom. The van der Waals surface area contributed by atoms with Gasteiger partial charge in [0.1, 0.15) is 0 Å². The van der Waals surface area contributed by atoms with Crippen molar-refractivity contribution in [1.82, 2.24) is 5.32 Å². The van der Waals surface area contributed by atoms with Gasteiger partial charge in [-0.25, -0.2) is 0 Å². The standard InChI is InChI=1S/C12H13N.C4H6/c1-13-9-11-7-4-6-10-5-2-3-8-12(10)11;1-3-4-2/h2-8,13H,9H2,1H3;1H,4H2,2H3. The summed E-state index contributed by atoms with van der Waals surface area (Å²) in [4.78, 5) is 0. The summed E-state index contributed by atoms with van der Waals surface area (Å²) in [5, 5.41) is 5.84. The monoisotopic (exact) mass is 225 g/mol. The Morgan fingerprint density at radius 3 is 2.41 bits per heavy atom. The van der Waals surface area contributed by atoms with Crippen LogP contribution in [-0.2, 0) is 6.54 Å². The predicted molar refractivity (Wildman–Crippen MR) is 75.8 cm³/mol. The fraction of sp³-hybridized carbons (Fsp3) is 0.250. The van der Waals surface area contributed by atoms with Crippen LogP contribution in [-0.4, -0.2) is 7.05 Å². The van der Waals surface area contributed by atoms with Gasteiger partial charge in [-0.05, 0) is 23.4 Å². The Morgan fingerprint density at radius 2 is 1.76 bits per heavy atom. The molecule has 0 saturated heterocycles. The van der Waals surface area contributed by atoms with Crippen LogP contribution in [0, 0.1) is 12.3 Å². The fourth-order valence-electron chi connectivity index (χ4n) is 1.64. The quantitative estimate of drug-likeness (QED) is 0.770. The molecule has 0 aliphatic rings. The minimum absolute atomic E-state index is 0.847. The summed E-state index contributed by atoms with van der Waals surface area (Å²) in [6.07, 6.45) is 5.62. The van der Waals surface area contributed by atoms with Gasteiger partial charge < -0.3 is 5.32 Å². The summed E-state index contributed by atoms with van der Waals surface area (Å²) >= 11 is 0. The highest BCUT2D eigenvalue weighted by molar-refractivity contribution is 5.85. The van der Waals surface area contributed by atoms with Crippen LogP contribution in [0.15, 0.2) is 42.5 Å². The molecular formula is C16H19N. The lowest BCUT2D eigenvalue weighted by molar-refractivity contribution is 0.824. The van der Waals surface area contributed by atoms with E-state index in [1.807, 2.05) is 14.0 Å². The molecule has 0 atom stereocenters. The van der Waals surface area contributed by atoms with Gasteiger partial charge in [0.2, 0.25) is 0 Å². The number of hydrogen-bond donors (Lipinski definition) is 1. The first-order valence-electron chi connectivity index (χ1n) is 5.88. The molecule has 2 aromatic rings. The van der Waals surface area contributed by atoms with Crippen LogP contribution < -0.4 is 5.32 Å². The maximum absolute atomic E-state index is 4.78. The number of rotatable bonds is 2. The maximum atomic E-state index is 4.78.